The van der Waals surface area contributed by atoms with E-state index in [1.54, 1.807) is 6.92 Å². The molecule has 4 fully saturated rings. The lowest BCUT2D eigenvalue weighted by atomic mass is 9.65. The van der Waals surface area contributed by atoms with E-state index < -0.39 is 0 Å². The van der Waals surface area contributed by atoms with Gasteiger partial charge in [0.25, 0.3) is 6.02 Å². The molecule has 0 radical (unpaired) electrons. The van der Waals surface area contributed by atoms with Crippen LogP contribution in [0.1, 0.15) is 97.3 Å². The van der Waals surface area contributed by atoms with E-state index in [0.717, 1.165) is 49.9 Å². The average Bonchev–Trinajstić information content (AvgIpc) is 3.25. The standard InChI is InChI=1S/C29H47ClN2O3/c1-17-7-12-23(14-24(17)18(2)33)35-29-31-27-15-25(26(30)16-28(27)32-29)20-10-8-19(9-11-20)21-5-4-6-22(13-21)34-3/h17,19-28H,4-16H2,1-3H3,(H,31,32). The van der Waals surface area contributed by atoms with Crippen molar-refractivity contribution in [1.29, 1.82) is 0 Å². The predicted octanol–water partition coefficient (Wildman–Crippen LogP) is 6.12. The quantitative estimate of drug-likeness (QED) is 0.456. The van der Waals surface area contributed by atoms with Crippen LogP contribution in [0.25, 0.3) is 0 Å². The second-order valence-electron chi connectivity index (χ2n) is 12.6. The molecule has 0 aromatic heterocycles. The molecule has 1 N–H and O–H groups in total. The molecule has 5 nitrogen and oxygen atoms in total. The molecule has 0 amide bonds. The Morgan fingerprint density at radius 3 is 2.43 bits per heavy atom. The molecule has 198 valence electrons. The summed E-state index contributed by atoms with van der Waals surface area (Å²) in [5.41, 5.74) is 0. The van der Waals surface area contributed by atoms with E-state index >= 15 is 0 Å². The number of hydrogen-bond donors (Lipinski definition) is 1. The molecule has 5 rings (SSSR count). The van der Waals surface area contributed by atoms with Gasteiger partial charge < -0.3 is 14.8 Å². The molecule has 4 aliphatic carbocycles. The summed E-state index contributed by atoms with van der Waals surface area (Å²) in [6, 6.07) is 1.30. The topological polar surface area (TPSA) is 59.9 Å². The highest BCUT2D eigenvalue weighted by Crippen LogP contribution is 2.47. The molecule has 5 aliphatic rings. The number of fused-ring (bicyclic) bond motifs is 1. The van der Waals surface area contributed by atoms with Gasteiger partial charge in [-0.3, -0.25) is 4.79 Å². The Hall–Kier alpha value is -0.810. The molecule has 1 aliphatic heterocycles. The SMILES string of the molecule is COC1CCCC(C2CCC(C3CC4NC(OC5CCC(C)C(C(C)=O)C5)=NC4CC3Cl)CC2)C1. The first-order chi connectivity index (χ1) is 16.9. The minimum Gasteiger partial charge on any atom is -0.462 e. The molecule has 0 aromatic rings. The van der Waals surface area contributed by atoms with Gasteiger partial charge in [0.05, 0.1) is 18.2 Å². The predicted molar refractivity (Wildman–Crippen MR) is 141 cm³/mol. The second kappa shape index (κ2) is 11.3. The summed E-state index contributed by atoms with van der Waals surface area (Å²) >= 11 is 7.02. The zero-order chi connectivity index (χ0) is 24.5. The number of nitrogens with zero attached hydrogens (tertiary/aromatic N) is 1. The van der Waals surface area contributed by atoms with Crippen LogP contribution in [0.3, 0.4) is 0 Å². The molecule has 6 heteroatoms. The van der Waals surface area contributed by atoms with Crippen molar-refractivity contribution < 1.29 is 14.3 Å². The van der Waals surface area contributed by atoms with Crippen LogP contribution in [0.2, 0.25) is 0 Å². The van der Waals surface area contributed by atoms with E-state index in [0.29, 0.717) is 35.8 Å². The Bertz CT molecular complexity index is 767. The zero-order valence-electron chi connectivity index (χ0n) is 22.1. The Kier molecular flexibility index (Phi) is 8.33. The number of ketones is 1. The van der Waals surface area contributed by atoms with Crippen LogP contribution in [0, 0.1) is 35.5 Å². The molecular weight excluding hydrogens is 460 g/mol. The third-order valence-electron chi connectivity index (χ3n) is 10.6. The van der Waals surface area contributed by atoms with Crippen LogP contribution >= 0.6 is 11.6 Å². The maximum absolute atomic E-state index is 12.0. The molecule has 4 saturated carbocycles. The molecule has 0 bridgehead atoms. The maximum atomic E-state index is 12.0. The first-order valence-electron chi connectivity index (χ1n) is 14.6. The van der Waals surface area contributed by atoms with E-state index in [4.69, 9.17) is 26.1 Å². The van der Waals surface area contributed by atoms with Crippen molar-refractivity contribution in [3.05, 3.63) is 0 Å². The highest BCUT2D eigenvalue weighted by atomic mass is 35.5. The average molecular weight is 507 g/mol. The second-order valence-corrected chi connectivity index (χ2v) is 13.2. The normalized spacial score (nSPS) is 46.3. The van der Waals surface area contributed by atoms with Crippen LogP contribution < -0.4 is 5.32 Å². The third kappa shape index (κ3) is 5.87. The number of carbonyl (C=O) groups excluding carboxylic acids is 1. The van der Waals surface area contributed by atoms with Crippen LogP contribution in [0.5, 0.6) is 0 Å². The summed E-state index contributed by atoms with van der Waals surface area (Å²) in [4.78, 5) is 16.9. The molecule has 9 atom stereocenters. The number of halogens is 1. The first-order valence-corrected chi connectivity index (χ1v) is 15.0. The number of methoxy groups -OCH3 is 1. The summed E-state index contributed by atoms with van der Waals surface area (Å²) in [5.74, 6) is 3.97. The van der Waals surface area contributed by atoms with Crippen LogP contribution in [0.15, 0.2) is 4.99 Å². The smallest absolute Gasteiger partial charge is 0.285 e. The van der Waals surface area contributed by atoms with Gasteiger partial charge in [0.2, 0.25) is 0 Å². The number of amidine groups is 1. The number of Topliss-reactive ketones (excluding diaryl/α,β-unsaturated/α-hetero) is 1. The summed E-state index contributed by atoms with van der Waals surface area (Å²) in [6.45, 7) is 3.92. The van der Waals surface area contributed by atoms with Crippen molar-refractivity contribution in [1.82, 2.24) is 5.32 Å². The fourth-order valence-corrected chi connectivity index (χ4v) is 8.84. The summed E-state index contributed by atoms with van der Waals surface area (Å²) < 4.78 is 12.0. The summed E-state index contributed by atoms with van der Waals surface area (Å²) in [7, 11) is 1.89. The molecule has 0 aromatic carbocycles. The summed E-state index contributed by atoms with van der Waals surface area (Å²) in [5, 5.41) is 3.84. The van der Waals surface area contributed by atoms with Gasteiger partial charge in [-0.15, -0.1) is 11.6 Å². The van der Waals surface area contributed by atoms with Crippen LogP contribution in [-0.2, 0) is 14.3 Å². The van der Waals surface area contributed by atoms with Crippen molar-refractivity contribution in [3.63, 3.8) is 0 Å². The van der Waals surface area contributed by atoms with Crippen molar-refractivity contribution in [3.8, 4) is 0 Å². The van der Waals surface area contributed by atoms with Crippen LogP contribution in [-0.4, -0.2) is 48.6 Å². The van der Waals surface area contributed by atoms with Crippen molar-refractivity contribution in [2.45, 2.75) is 127 Å². The van der Waals surface area contributed by atoms with E-state index in [2.05, 4.69) is 12.2 Å². The molecule has 9 unspecified atom stereocenters. The van der Waals surface area contributed by atoms with E-state index in [9.17, 15) is 4.79 Å². The lowest BCUT2D eigenvalue weighted by molar-refractivity contribution is -0.124. The fraction of sp³-hybridized carbons (Fsp3) is 0.931. The number of hydrogen-bond acceptors (Lipinski definition) is 5. The Balaban J connectivity index is 1.11. The van der Waals surface area contributed by atoms with Crippen molar-refractivity contribution >= 4 is 23.4 Å². The highest BCUT2D eigenvalue weighted by Gasteiger charge is 2.45. The van der Waals surface area contributed by atoms with Gasteiger partial charge in [0.1, 0.15) is 11.9 Å². The van der Waals surface area contributed by atoms with Gasteiger partial charge >= 0.3 is 0 Å². The molecule has 0 spiro atoms. The summed E-state index contributed by atoms with van der Waals surface area (Å²) in [6.07, 6.45) is 16.2. The van der Waals surface area contributed by atoms with Crippen molar-refractivity contribution in [2.75, 3.05) is 7.11 Å². The Morgan fingerprint density at radius 2 is 1.69 bits per heavy atom. The minimum absolute atomic E-state index is 0.0990. The van der Waals surface area contributed by atoms with Gasteiger partial charge in [0.15, 0.2) is 0 Å². The van der Waals surface area contributed by atoms with E-state index in [1.807, 2.05) is 7.11 Å². The first kappa shape index (κ1) is 25.8. The monoisotopic (exact) mass is 506 g/mol. The van der Waals surface area contributed by atoms with E-state index in [-0.39, 0.29) is 23.4 Å². The van der Waals surface area contributed by atoms with Gasteiger partial charge in [0, 0.05) is 18.4 Å². The van der Waals surface area contributed by atoms with Gasteiger partial charge in [-0.1, -0.05) is 13.3 Å². The molecule has 35 heavy (non-hydrogen) atoms. The Labute approximate surface area is 217 Å². The third-order valence-corrected chi connectivity index (χ3v) is 11.1. The maximum Gasteiger partial charge on any atom is 0.285 e. The number of rotatable bonds is 5. The number of aliphatic imine (C=N–C) groups is 1. The Morgan fingerprint density at radius 1 is 0.914 bits per heavy atom. The van der Waals surface area contributed by atoms with Gasteiger partial charge in [-0.2, -0.15) is 0 Å². The largest absolute Gasteiger partial charge is 0.462 e. The number of alkyl halides is 1. The minimum atomic E-state index is 0.0990. The lowest BCUT2D eigenvalue weighted by Crippen LogP contribution is -2.47. The highest BCUT2D eigenvalue weighted by molar-refractivity contribution is 6.21. The number of carbonyl (C=O) groups is 1. The van der Waals surface area contributed by atoms with Crippen LogP contribution in [0.4, 0.5) is 0 Å². The zero-order valence-corrected chi connectivity index (χ0v) is 22.8. The molecule has 0 saturated heterocycles. The lowest BCUT2D eigenvalue weighted by Gasteiger charge is -2.43. The number of ether oxygens (including phenoxy) is 2. The van der Waals surface area contributed by atoms with Gasteiger partial charge in [-0.05, 0) is 114 Å². The molecular formula is C29H47ClN2O3. The molecule has 1 heterocycles. The number of nitrogens with one attached hydrogen (secondary N) is 1. The van der Waals surface area contributed by atoms with E-state index in [1.165, 1.54) is 51.4 Å². The van der Waals surface area contributed by atoms with Crippen molar-refractivity contribution in [2.24, 2.45) is 40.5 Å². The fourth-order valence-electron chi connectivity index (χ4n) is 8.35. The van der Waals surface area contributed by atoms with Gasteiger partial charge in [-0.25, -0.2) is 4.99 Å².